The summed E-state index contributed by atoms with van der Waals surface area (Å²) in [6.45, 7) is 0. The van der Waals surface area contributed by atoms with Crippen LogP contribution < -0.4 is 11.1 Å². The van der Waals surface area contributed by atoms with Crippen LogP contribution in [-0.4, -0.2) is 21.4 Å². The van der Waals surface area contributed by atoms with Crippen LogP contribution in [0.3, 0.4) is 0 Å². The molecule has 0 radical (unpaired) electrons. The molecule has 0 saturated heterocycles. The summed E-state index contributed by atoms with van der Waals surface area (Å²) in [4.78, 5) is 13.4. The Morgan fingerprint density at radius 1 is 1.00 bits per heavy atom. The number of amides is 1. The Labute approximate surface area is 138 Å². The first kappa shape index (κ1) is 15.9. The van der Waals surface area contributed by atoms with Crippen LogP contribution in [0, 0.1) is 5.92 Å². The maximum Gasteiger partial charge on any atom is 0.230 e. The highest BCUT2D eigenvalue weighted by molar-refractivity contribution is 7.85. The Kier molecular flexibility index (Phi) is 4.88. The molecule has 3 N–H and O–H groups in total. The quantitative estimate of drug-likeness (QED) is 0.906. The van der Waals surface area contributed by atoms with E-state index < -0.39 is 16.7 Å². The van der Waals surface area contributed by atoms with E-state index in [0.717, 1.165) is 17.0 Å². The van der Waals surface area contributed by atoms with E-state index in [1.165, 1.54) is 0 Å². The molecule has 2 aromatic carbocycles. The number of hydrogen-bond acceptors (Lipinski definition) is 3. The fourth-order valence-corrected chi connectivity index (χ4v) is 4.79. The molecule has 3 rings (SSSR count). The molecule has 4 unspecified atom stereocenters. The van der Waals surface area contributed by atoms with E-state index in [0.29, 0.717) is 6.42 Å². The molecule has 2 aromatic rings. The van der Waals surface area contributed by atoms with Gasteiger partial charge in [-0.25, -0.2) is 0 Å². The van der Waals surface area contributed by atoms with Gasteiger partial charge in [0.2, 0.25) is 5.91 Å². The van der Waals surface area contributed by atoms with Gasteiger partial charge in [-0.15, -0.1) is 0 Å². The van der Waals surface area contributed by atoms with Crippen LogP contribution in [0.1, 0.15) is 12.8 Å². The van der Waals surface area contributed by atoms with Gasteiger partial charge < -0.3 is 11.1 Å². The zero-order chi connectivity index (χ0) is 16.2. The first-order valence-corrected chi connectivity index (χ1v) is 8.95. The Hall–Kier alpha value is -1.98. The number of nitrogens with one attached hydrogen (secondary N) is 1. The number of benzene rings is 2. The van der Waals surface area contributed by atoms with Crippen LogP contribution in [0.15, 0.2) is 65.6 Å². The summed E-state index contributed by atoms with van der Waals surface area (Å²) in [7, 11) is -1.23. The smallest absolute Gasteiger partial charge is 0.230 e. The fraction of sp³-hybridized carbons (Fsp3) is 0.278. The zero-order valence-corrected chi connectivity index (χ0v) is 13.5. The highest BCUT2D eigenvalue weighted by Gasteiger charge is 2.42. The van der Waals surface area contributed by atoms with Crippen molar-refractivity contribution in [3.05, 3.63) is 60.7 Å². The van der Waals surface area contributed by atoms with Crippen molar-refractivity contribution in [3.8, 4) is 0 Å². The predicted molar refractivity (Wildman–Crippen MR) is 92.4 cm³/mol. The molecule has 1 amide bonds. The molecule has 4 nitrogen and oxygen atoms in total. The van der Waals surface area contributed by atoms with Crippen molar-refractivity contribution in [2.45, 2.75) is 29.0 Å². The average Bonchev–Trinajstić information content (AvgIpc) is 2.97. The van der Waals surface area contributed by atoms with Crippen molar-refractivity contribution < 1.29 is 9.00 Å². The third-order valence-electron chi connectivity index (χ3n) is 4.24. The summed E-state index contributed by atoms with van der Waals surface area (Å²) < 4.78 is 12.8. The summed E-state index contributed by atoms with van der Waals surface area (Å²) in [5.41, 5.74) is 6.88. The molecule has 0 spiro atoms. The first-order valence-electron chi connectivity index (χ1n) is 7.74. The summed E-state index contributed by atoms with van der Waals surface area (Å²) >= 11 is 0. The summed E-state index contributed by atoms with van der Waals surface area (Å²) in [6, 6.07) is 18.3. The van der Waals surface area contributed by atoms with Gasteiger partial charge in [0.15, 0.2) is 0 Å². The number of nitrogens with two attached hydrogens (primary N) is 1. The minimum absolute atomic E-state index is 0.143. The Morgan fingerprint density at radius 2 is 1.61 bits per heavy atom. The van der Waals surface area contributed by atoms with Crippen molar-refractivity contribution in [2.24, 2.45) is 11.7 Å². The molecular formula is C18H20N2O2S. The Balaban J connectivity index is 1.78. The van der Waals surface area contributed by atoms with Gasteiger partial charge in [-0.05, 0) is 37.1 Å². The van der Waals surface area contributed by atoms with E-state index >= 15 is 0 Å². The standard InChI is InChI=1S/C18H20N2O2S/c19-15-11-12-16(23(22)14-9-5-2-6-10-14)17(15)18(21)20-13-7-3-1-4-8-13/h1-10,15-17H,11-12,19H2,(H,20,21). The Bertz CT molecular complexity index is 691. The van der Waals surface area contributed by atoms with Crippen molar-refractivity contribution in [1.29, 1.82) is 0 Å². The van der Waals surface area contributed by atoms with Gasteiger partial charge in [0.25, 0.3) is 0 Å². The average molecular weight is 328 g/mol. The highest BCUT2D eigenvalue weighted by Crippen LogP contribution is 2.32. The summed E-state index contributed by atoms with van der Waals surface area (Å²) in [5, 5.41) is 2.66. The largest absolute Gasteiger partial charge is 0.327 e. The second-order valence-corrected chi connectivity index (χ2v) is 7.44. The van der Waals surface area contributed by atoms with Crippen LogP contribution in [0.2, 0.25) is 0 Å². The normalized spacial score (nSPS) is 25.0. The van der Waals surface area contributed by atoms with Gasteiger partial charge in [-0.2, -0.15) is 0 Å². The van der Waals surface area contributed by atoms with Crippen LogP contribution in [-0.2, 0) is 15.6 Å². The van der Waals surface area contributed by atoms with Crippen molar-refractivity contribution in [1.82, 2.24) is 0 Å². The monoisotopic (exact) mass is 328 g/mol. The third-order valence-corrected chi connectivity index (χ3v) is 6.06. The van der Waals surface area contributed by atoms with Gasteiger partial charge in [-0.1, -0.05) is 36.4 Å². The van der Waals surface area contributed by atoms with E-state index in [1.807, 2.05) is 60.7 Å². The van der Waals surface area contributed by atoms with E-state index in [-0.39, 0.29) is 17.2 Å². The molecule has 5 heteroatoms. The number of anilines is 1. The van der Waals surface area contributed by atoms with E-state index in [9.17, 15) is 9.00 Å². The second-order valence-electron chi connectivity index (χ2n) is 5.77. The molecular weight excluding hydrogens is 308 g/mol. The van der Waals surface area contributed by atoms with Crippen LogP contribution >= 0.6 is 0 Å². The number of para-hydroxylation sites is 1. The fourth-order valence-electron chi connectivity index (χ4n) is 3.07. The molecule has 23 heavy (non-hydrogen) atoms. The van der Waals surface area contributed by atoms with Crippen LogP contribution in [0.4, 0.5) is 5.69 Å². The van der Waals surface area contributed by atoms with Gasteiger partial charge in [0.1, 0.15) is 0 Å². The maximum atomic E-state index is 12.8. The maximum absolute atomic E-state index is 12.8. The van der Waals surface area contributed by atoms with Crippen molar-refractivity contribution in [3.63, 3.8) is 0 Å². The van der Waals surface area contributed by atoms with Crippen LogP contribution in [0.25, 0.3) is 0 Å². The molecule has 0 aromatic heterocycles. The summed E-state index contributed by atoms with van der Waals surface area (Å²) in [6.07, 6.45) is 1.42. The Morgan fingerprint density at radius 3 is 2.26 bits per heavy atom. The minimum Gasteiger partial charge on any atom is -0.327 e. The molecule has 1 aliphatic carbocycles. The SMILES string of the molecule is NC1CCC(S(=O)c2ccccc2)C1C(=O)Nc1ccccc1. The lowest BCUT2D eigenvalue weighted by atomic mass is 10.0. The molecule has 1 saturated carbocycles. The molecule has 0 heterocycles. The molecule has 1 aliphatic rings. The van der Waals surface area contributed by atoms with E-state index in [1.54, 1.807) is 0 Å². The molecule has 120 valence electrons. The topological polar surface area (TPSA) is 72.2 Å². The third kappa shape index (κ3) is 3.51. The lowest BCUT2D eigenvalue weighted by molar-refractivity contribution is -0.119. The van der Waals surface area contributed by atoms with Gasteiger partial charge in [0.05, 0.1) is 22.0 Å². The molecule has 0 bridgehead atoms. The van der Waals surface area contributed by atoms with Gasteiger partial charge in [-0.3, -0.25) is 9.00 Å². The van der Waals surface area contributed by atoms with E-state index in [2.05, 4.69) is 5.32 Å². The predicted octanol–water partition coefficient (Wildman–Crippen LogP) is 2.54. The van der Waals surface area contributed by atoms with Gasteiger partial charge >= 0.3 is 0 Å². The minimum atomic E-state index is -1.23. The van der Waals surface area contributed by atoms with E-state index in [4.69, 9.17) is 5.73 Å². The highest BCUT2D eigenvalue weighted by atomic mass is 32.2. The molecule has 1 fully saturated rings. The zero-order valence-electron chi connectivity index (χ0n) is 12.7. The number of rotatable bonds is 4. The van der Waals surface area contributed by atoms with Gasteiger partial charge in [0, 0.05) is 16.6 Å². The summed E-state index contributed by atoms with van der Waals surface area (Å²) in [5.74, 6) is -0.577. The second kappa shape index (κ2) is 7.06. The first-order chi connectivity index (χ1) is 11.2. The van der Waals surface area contributed by atoms with Crippen molar-refractivity contribution >= 4 is 22.4 Å². The molecule has 0 aliphatic heterocycles. The number of carbonyl (C=O) groups is 1. The van der Waals surface area contributed by atoms with Crippen molar-refractivity contribution in [2.75, 3.05) is 5.32 Å². The molecule has 4 atom stereocenters. The van der Waals surface area contributed by atoms with Crippen LogP contribution in [0.5, 0.6) is 0 Å². The number of hydrogen-bond donors (Lipinski definition) is 2. The lowest BCUT2D eigenvalue weighted by Gasteiger charge is -2.21. The number of carbonyl (C=O) groups excluding carboxylic acids is 1. The lowest BCUT2D eigenvalue weighted by Crippen LogP contribution is -2.41.